The van der Waals surface area contributed by atoms with Gasteiger partial charge in [0.25, 0.3) is 15.9 Å². The molecule has 0 aromatic heterocycles. The summed E-state index contributed by atoms with van der Waals surface area (Å²) in [5, 5.41) is 3.83. The minimum Gasteiger partial charge on any atom is -0.476 e. The molecule has 3 aromatic rings. The number of rotatable bonds is 5. The number of sulfonamides is 1. The molecule has 1 atom stereocenters. The standard InChI is InChI=1S/C22H18Cl2N2O4S/c23-16-7-5-15(6-8-16)13-25-22(27)21-14-26(19-3-1-2-4-20(19)30-21)31(28,29)18-11-9-17(24)10-12-18/h1-12,21H,13-14H2,(H,25,27)/t21-/m0/s1. The Morgan fingerprint density at radius 3 is 2.26 bits per heavy atom. The molecular formula is C22H18Cl2N2O4S. The molecule has 1 heterocycles. The molecule has 31 heavy (non-hydrogen) atoms. The second-order valence-corrected chi connectivity index (χ2v) is 9.64. The van der Waals surface area contributed by atoms with Crippen LogP contribution in [0.3, 0.4) is 0 Å². The van der Waals surface area contributed by atoms with Crippen LogP contribution in [0.4, 0.5) is 5.69 Å². The van der Waals surface area contributed by atoms with Gasteiger partial charge in [-0.1, -0.05) is 47.5 Å². The Hall–Kier alpha value is -2.74. The summed E-state index contributed by atoms with van der Waals surface area (Å²) < 4.78 is 33.7. The second-order valence-electron chi connectivity index (χ2n) is 6.91. The fraction of sp³-hybridized carbons (Fsp3) is 0.136. The number of benzene rings is 3. The van der Waals surface area contributed by atoms with Gasteiger partial charge in [-0.2, -0.15) is 0 Å². The fourth-order valence-corrected chi connectivity index (χ4v) is 4.93. The van der Waals surface area contributed by atoms with E-state index in [0.29, 0.717) is 21.5 Å². The molecule has 0 bridgehead atoms. The fourth-order valence-electron chi connectivity index (χ4n) is 3.21. The first kappa shape index (κ1) is 21.5. The summed E-state index contributed by atoms with van der Waals surface area (Å²) >= 11 is 11.8. The molecular weight excluding hydrogens is 459 g/mol. The number of halogens is 2. The molecule has 4 rings (SSSR count). The van der Waals surface area contributed by atoms with Crippen LogP contribution in [0.1, 0.15) is 5.56 Å². The lowest BCUT2D eigenvalue weighted by Gasteiger charge is -2.34. The number of carbonyl (C=O) groups excluding carboxylic acids is 1. The van der Waals surface area contributed by atoms with Gasteiger partial charge in [0.1, 0.15) is 5.75 Å². The van der Waals surface area contributed by atoms with Crippen molar-refractivity contribution >= 4 is 44.8 Å². The summed E-state index contributed by atoms with van der Waals surface area (Å²) in [6, 6.07) is 19.7. The van der Waals surface area contributed by atoms with Gasteiger partial charge in [-0.15, -0.1) is 0 Å². The van der Waals surface area contributed by atoms with Crippen molar-refractivity contribution in [2.45, 2.75) is 17.5 Å². The maximum atomic E-state index is 13.3. The maximum absolute atomic E-state index is 13.3. The van der Waals surface area contributed by atoms with E-state index in [9.17, 15) is 13.2 Å². The van der Waals surface area contributed by atoms with Gasteiger partial charge in [-0.05, 0) is 54.1 Å². The average Bonchev–Trinajstić information content (AvgIpc) is 2.78. The first-order chi connectivity index (χ1) is 14.8. The van der Waals surface area contributed by atoms with E-state index in [1.165, 1.54) is 28.6 Å². The van der Waals surface area contributed by atoms with Crippen molar-refractivity contribution in [2.24, 2.45) is 0 Å². The van der Waals surface area contributed by atoms with E-state index < -0.39 is 22.0 Å². The summed E-state index contributed by atoms with van der Waals surface area (Å²) in [7, 11) is -3.93. The van der Waals surface area contributed by atoms with E-state index in [1.54, 1.807) is 48.5 Å². The van der Waals surface area contributed by atoms with Gasteiger partial charge in [0.2, 0.25) is 0 Å². The molecule has 1 aliphatic heterocycles. The van der Waals surface area contributed by atoms with E-state index in [-0.39, 0.29) is 18.0 Å². The van der Waals surface area contributed by atoms with Gasteiger partial charge in [0, 0.05) is 16.6 Å². The van der Waals surface area contributed by atoms with Crippen LogP contribution < -0.4 is 14.4 Å². The predicted octanol–water partition coefficient (Wildman–Crippen LogP) is 4.27. The lowest BCUT2D eigenvalue weighted by molar-refractivity contribution is -0.127. The van der Waals surface area contributed by atoms with Gasteiger partial charge in [-0.25, -0.2) is 8.42 Å². The average molecular weight is 477 g/mol. The predicted molar refractivity (Wildman–Crippen MR) is 120 cm³/mol. The summed E-state index contributed by atoms with van der Waals surface area (Å²) in [6.07, 6.45) is -1.01. The van der Waals surface area contributed by atoms with Crippen molar-refractivity contribution in [3.63, 3.8) is 0 Å². The zero-order valence-corrected chi connectivity index (χ0v) is 18.5. The van der Waals surface area contributed by atoms with Crippen molar-refractivity contribution in [3.05, 3.63) is 88.4 Å². The Bertz CT molecular complexity index is 1200. The Morgan fingerprint density at radius 2 is 1.58 bits per heavy atom. The normalized spacial score (nSPS) is 15.7. The third-order valence-corrected chi connectivity index (χ3v) is 7.11. The highest BCUT2D eigenvalue weighted by molar-refractivity contribution is 7.92. The zero-order valence-electron chi connectivity index (χ0n) is 16.2. The first-order valence-electron chi connectivity index (χ1n) is 9.41. The minimum atomic E-state index is -3.93. The van der Waals surface area contributed by atoms with Crippen molar-refractivity contribution in [1.82, 2.24) is 5.32 Å². The van der Waals surface area contributed by atoms with E-state index in [4.69, 9.17) is 27.9 Å². The second kappa shape index (κ2) is 8.78. The van der Waals surface area contributed by atoms with Crippen LogP contribution >= 0.6 is 23.2 Å². The molecule has 0 spiro atoms. The molecule has 6 nitrogen and oxygen atoms in total. The number of hydrogen-bond donors (Lipinski definition) is 1. The van der Waals surface area contributed by atoms with Gasteiger partial charge in [0.15, 0.2) is 6.10 Å². The van der Waals surface area contributed by atoms with Crippen LogP contribution in [0.2, 0.25) is 10.0 Å². The third kappa shape index (κ3) is 4.63. The summed E-state index contributed by atoms with van der Waals surface area (Å²) in [5.74, 6) is -0.0984. The Labute approximate surface area is 190 Å². The molecule has 0 fully saturated rings. The number of anilines is 1. The van der Waals surface area contributed by atoms with E-state index in [2.05, 4.69) is 5.32 Å². The molecule has 0 saturated carbocycles. The van der Waals surface area contributed by atoms with Crippen molar-refractivity contribution in [3.8, 4) is 5.75 Å². The Balaban J connectivity index is 1.58. The van der Waals surface area contributed by atoms with Crippen molar-refractivity contribution in [2.75, 3.05) is 10.8 Å². The van der Waals surface area contributed by atoms with Crippen LogP contribution in [0.5, 0.6) is 5.75 Å². The van der Waals surface area contributed by atoms with Crippen LogP contribution in [-0.4, -0.2) is 27.0 Å². The molecule has 0 saturated heterocycles. The number of nitrogens with one attached hydrogen (secondary N) is 1. The highest BCUT2D eigenvalue weighted by atomic mass is 35.5. The number of ether oxygens (including phenoxy) is 1. The van der Waals surface area contributed by atoms with Gasteiger partial charge in [0.05, 0.1) is 17.1 Å². The summed E-state index contributed by atoms with van der Waals surface area (Å²) in [5.41, 5.74) is 1.24. The highest BCUT2D eigenvalue weighted by Crippen LogP contribution is 2.37. The third-order valence-electron chi connectivity index (χ3n) is 4.81. The van der Waals surface area contributed by atoms with Crippen LogP contribution in [0.15, 0.2) is 77.7 Å². The molecule has 160 valence electrons. The minimum absolute atomic E-state index is 0.0777. The molecule has 9 heteroatoms. The molecule has 0 unspecified atom stereocenters. The molecule has 3 aromatic carbocycles. The number of nitrogens with zero attached hydrogens (tertiary/aromatic N) is 1. The number of amides is 1. The largest absolute Gasteiger partial charge is 0.476 e. The molecule has 1 aliphatic rings. The van der Waals surface area contributed by atoms with E-state index in [0.717, 1.165) is 5.56 Å². The molecule has 0 radical (unpaired) electrons. The lowest BCUT2D eigenvalue weighted by Crippen LogP contribution is -2.50. The van der Waals surface area contributed by atoms with Crippen LogP contribution in [0.25, 0.3) is 0 Å². The SMILES string of the molecule is O=C(NCc1ccc(Cl)cc1)[C@@H]1CN(S(=O)(=O)c2ccc(Cl)cc2)c2ccccc2O1. The quantitative estimate of drug-likeness (QED) is 0.596. The van der Waals surface area contributed by atoms with Crippen molar-refractivity contribution < 1.29 is 17.9 Å². The van der Waals surface area contributed by atoms with Crippen LogP contribution in [-0.2, 0) is 21.4 Å². The highest BCUT2D eigenvalue weighted by Gasteiger charge is 2.37. The van der Waals surface area contributed by atoms with Crippen molar-refractivity contribution in [1.29, 1.82) is 0 Å². The summed E-state index contributed by atoms with van der Waals surface area (Å²) in [4.78, 5) is 12.9. The number of hydrogen-bond acceptors (Lipinski definition) is 4. The summed E-state index contributed by atoms with van der Waals surface area (Å²) in [6.45, 7) is 0.107. The number of para-hydroxylation sites is 2. The topological polar surface area (TPSA) is 75.7 Å². The smallest absolute Gasteiger partial charge is 0.264 e. The maximum Gasteiger partial charge on any atom is 0.264 e. The number of fused-ring (bicyclic) bond motifs is 1. The van der Waals surface area contributed by atoms with E-state index in [1.807, 2.05) is 0 Å². The van der Waals surface area contributed by atoms with Crippen LogP contribution in [0, 0.1) is 0 Å². The molecule has 0 aliphatic carbocycles. The van der Waals surface area contributed by atoms with Gasteiger partial charge in [-0.3, -0.25) is 9.10 Å². The zero-order chi connectivity index (χ0) is 22.0. The van der Waals surface area contributed by atoms with Gasteiger partial charge < -0.3 is 10.1 Å². The monoisotopic (exact) mass is 476 g/mol. The number of carbonyl (C=O) groups is 1. The van der Waals surface area contributed by atoms with E-state index >= 15 is 0 Å². The molecule has 1 N–H and O–H groups in total. The lowest BCUT2D eigenvalue weighted by atomic mass is 10.2. The Kier molecular flexibility index (Phi) is 6.09. The van der Waals surface area contributed by atoms with Gasteiger partial charge >= 0.3 is 0 Å². The molecule has 1 amide bonds. The first-order valence-corrected chi connectivity index (χ1v) is 11.6. The Morgan fingerprint density at radius 1 is 0.968 bits per heavy atom.